The molecule has 5 rings (SSSR count). The molecule has 1 fully saturated rings. The lowest BCUT2D eigenvalue weighted by Crippen LogP contribution is -2.70. The van der Waals surface area contributed by atoms with Crippen LogP contribution in [0.2, 0.25) is 0 Å². The number of likely N-dealkylation sites (tertiary alicyclic amines) is 1. The van der Waals surface area contributed by atoms with Crippen molar-refractivity contribution >= 4 is 12.1 Å². The van der Waals surface area contributed by atoms with Gasteiger partial charge in [0.1, 0.15) is 28.4 Å². The molecular weight excluding hydrogens is 474 g/mol. The third-order valence-electron chi connectivity index (χ3n) is 6.73. The molecule has 2 aromatic heterocycles. The number of ether oxygens (including phenoxy) is 2. The second kappa shape index (κ2) is 8.92. The number of aromatic nitrogens is 1. The Balaban J connectivity index is 1.44. The predicted octanol–water partition coefficient (Wildman–Crippen LogP) is 4.30. The molecule has 3 heterocycles. The van der Waals surface area contributed by atoms with Gasteiger partial charge >= 0.3 is 12.1 Å². The third kappa shape index (κ3) is 4.79. The number of carboxylic acids is 1. The highest BCUT2D eigenvalue weighted by Gasteiger charge is 2.45. The molecule has 3 aromatic rings. The van der Waals surface area contributed by atoms with E-state index in [1.165, 1.54) is 4.90 Å². The summed E-state index contributed by atoms with van der Waals surface area (Å²) >= 11 is 0. The van der Waals surface area contributed by atoms with Crippen molar-refractivity contribution in [3.05, 3.63) is 59.0 Å². The molecule has 0 radical (unpaired) electrons. The zero-order valence-electron chi connectivity index (χ0n) is 21.5. The smallest absolute Gasteiger partial charge is 0.410 e. The molecule has 1 aliphatic heterocycles. The van der Waals surface area contributed by atoms with Gasteiger partial charge in [0.15, 0.2) is 0 Å². The lowest BCUT2D eigenvalue weighted by molar-refractivity contribution is -0.00882. The molecule has 0 atom stereocenters. The van der Waals surface area contributed by atoms with Crippen LogP contribution in [0.4, 0.5) is 4.79 Å². The van der Waals surface area contributed by atoms with E-state index in [0.29, 0.717) is 29.9 Å². The van der Waals surface area contributed by atoms with E-state index in [0.717, 1.165) is 28.1 Å². The molecule has 37 heavy (non-hydrogen) atoms. The number of hydrogen-bond acceptors (Lipinski definition) is 7. The average Bonchev–Trinajstić information content (AvgIpc) is 3.19. The molecule has 2 aliphatic rings. The minimum absolute atomic E-state index is 0.170. The van der Waals surface area contributed by atoms with E-state index < -0.39 is 23.2 Å². The van der Waals surface area contributed by atoms with Gasteiger partial charge in [0.05, 0.1) is 18.3 Å². The fourth-order valence-corrected chi connectivity index (χ4v) is 5.02. The molecule has 1 aliphatic carbocycles. The van der Waals surface area contributed by atoms with Crippen molar-refractivity contribution in [2.24, 2.45) is 5.73 Å². The number of pyridine rings is 1. The number of benzene rings is 1. The summed E-state index contributed by atoms with van der Waals surface area (Å²) in [4.78, 5) is 30.8. The molecule has 3 N–H and O–H groups in total. The molecule has 1 saturated heterocycles. The quantitative estimate of drug-likeness (QED) is 0.525. The van der Waals surface area contributed by atoms with E-state index >= 15 is 0 Å². The summed E-state index contributed by atoms with van der Waals surface area (Å²) < 4.78 is 16.9. The number of amides is 1. The fraction of sp³-hybridized carbons (Fsp3) is 0.393. The summed E-state index contributed by atoms with van der Waals surface area (Å²) in [6.45, 7) is 5.93. The van der Waals surface area contributed by atoms with E-state index in [4.69, 9.17) is 19.6 Å². The summed E-state index contributed by atoms with van der Waals surface area (Å²) in [5, 5.41) is 10.1. The minimum Gasteiger partial charge on any atom is -0.497 e. The summed E-state index contributed by atoms with van der Waals surface area (Å²) in [6.07, 6.45) is 2.80. The standard InChI is InChI=1S/C28H31N3O6/c1-27(2,3)37-26(34)31-14-28(29,15-31)12-22-23(25(32)33)19-10-7-17-13-30-21(11-20(17)24(19)36-22)16-5-8-18(35-4)9-6-16/h5-6,8-9,11,13H,7,10,12,14-15,29H2,1-4H3,(H,32,33). The van der Waals surface area contributed by atoms with Crippen molar-refractivity contribution in [3.8, 4) is 28.3 Å². The first-order chi connectivity index (χ1) is 17.5. The van der Waals surface area contributed by atoms with Gasteiger partial charge in [0.25, 0.3) is 0 Å². The zero-order valence-corrected chi connectivity index (χ0v) is 21.5. The van der Waals surface area contributed by atoms with Crippen LogP contribution in [0.1, 0.15) is 48.0 Å². The maximum atomic E-state index is 12.4. The third-order valence-corrected chi connectivity index (χ3v) is 6.73. The highest BCUT2D eigenvalue weighted by atomic mass is 16.6. The lowest BCUT2D eigenvalue weighted by Gasteiger charge is -2.47. The van der Waals surface area contributed by atoms with Crippen LogP contribution < -0.4 is 10.5 Å². The summed E-state index contributed by atoms with van der Waals surface area (Å²) in [7, 11) is 1.62. The van der Waals surface area contributed by atoms with Gasteiger partial charge in [-0.05, 0) is 69.5 Å². The number of rotatable bonds is 5. The number of aromatic carboxylic acids is 1. The molecule has 0 unspecified atom stereocenters. The number of carboxylic acid groups (broad SMARTS) is 1. The summed E-state index contributed by atoms with van der Waals surface area (Å²) in [6, 6.07) is 9.54. The number of carbonyl (C=O) groups excluding carboxylic acids is 1. The van der Waals surface area contributed by atoms with Crippen molar-refractivity contribution in [3.63, 3.8) is 0 Å². The number of fused-ring (bicyclic) bond motifs is 3. The van der Waals surface area contributed by atoms with E-state index in [-0.39, 0.29) is 25.1 Å². The van der Waals surface area contributed by atoms with Crippen LogP contribution in [-0.4, -0.2) is 58.4 Å². The SMILES string of the molecule is COc1ccc(-c2cc3c(cn2)CCc2c-3oc(CC3(N)CN(C(=O)OC(C)(C)C)C3)c2C(=O)O)cc1. The first-order valence-electron chi connectivity index (χ1n) is 12.2. The monoisotopic (exact) mass is 505 g/mol. The molecule has 0 saturated carbocycles. The average molecular weight is 506 g/mol. The first kappa shape index (κ1) is 24.8. The Labute approximate surface area is 215 Å². The topological polar surface area (TPSA) is 128 Å². The summed E-state index contributed by atoms with van der Waals surface area (Å²) in [5.41, 5.74) is 9.51. The Morgan fingerprint density at radius 2 is 1.89 bits per heavy atom. The molecule has 0 spiro atoms. The Bertz CT molecular complexity index is 1360. The van der Waals surface area contributed by atoms with Crippen molar-refractivity contribution in [1.82, 2.24) is 9.88 Å². The van der Waals surface area contributed by atoms with Gasteiger partial charge in [-0.3, -0.25) is 4.98 Å². The van der Waals surface area contributed by atoms with Crippen LogP contribution in [0.15, 0.2) is 40.9 Å². The van der Waals surface area contributed by atoms with E-state index in [1.807, 2.05) is 36.5 Å². The molecule has 194 valence electrons. The normalized spacial score (nSPS) is 15.9. The number of carbonyl (C=O) groups is 2. The minimum atomic E-state index is -1.04. The number of methoxy groups -OCH3 is 1. The first-order valence-corrected chi connectivity index (χ1v) is 12.2. The highest BCUT2D eigenvalue weighted by molar-refractivity contribution is 5.94. The Morgan fingerprint density at radius 1 is 1.19 bits per heavy atom. The Kier molecular flexibility index (Phi) is 5.98. The molecule has 0 bridgehead atoms. The van der Waals surface area contributed by atoms with Gasteiger partial charge < -0.3 is 29.6 Å². The van der Waals surface area contributed by atoms with Gasteiger partial charge in [0, 0.05) is 42.4 Å². The van der Waals surface area contributed by atoms with Crippen LogP contribution in [0.25, 0.3) is 22.6 Å². The Hall–Kier alpha value is -3.85. The van der Waals surface area contributed by atoms with E-state index in [9.17, 15) is 14.7 Å². The zero-order chi connectivity index (χ0) is 26.5. The van der Waals surface area contributed by atoms with Gasteiger partial charge in [-0.2, -0.15) is 0 Å². The van der Waals surface area contributed by atoms with Crippen LogP contribution >= 0.6 is 0 Å². The summed E-state index contributed by atoms with van der Waals surface area (Å²) in [5.74, 6) is 0.597. The number of nitrogens with zero attached hydrogens (tertiary/aromatic N) is 2. The Morgan fingerprint density at radius 3 is 2.51 bits per heavy atom. The molecule has 1 aromatic carbocycles. The fourth-order valence-electron chi connectivity index (χ4n) is 5.02. The lowest BCUT2D eigenvalue weighted by atomic mass is 9.84. The number of aryl methyl sites for hydroxylation is 1. The number of nitrogens with two attached hydrogens (primary N) is 1. The number of hydrogen-bond donors (Lipinski definition) is 2. The highest BCUT2D eigenvalue weighted by Crippen LogP contribution is 2.41. The second-order valence-corrected chi connectivity index (χ2v) is 10.8. The maximum Gasteiger partial charge on any atom is 0.410 e. The number of furan rings is 1. The van der Waals surface area contributed by atoms with Crippen LogP contribution in [0.5, 0.6) is 5.75 Å². The largest absolute Gasteiger partial charge is 0.497 e. The van der Waals surface area contributed by atoms with E-state index in [1.54, 1.807) is 27.9 Å². The van der Waals surface area contributed by atoms with Crippen LogP contribution in [-0.2, 0) is 24.0 Å². The molecule has 9 nitrogen and oxygen atoms in total. The molecular formula is C28H31N3O6. The van der Waals surface area contributed by atoms with Gasteiger partial charge in [-0.25, -0.2) is 9.59 Å². The predicted molar refractivity (Wildman–Crippen MR) is 137 cm³/mol. The van der Waals surface area contributed by atoms with Crippen molar-refractivity contribution in [2.75, 3.05) is 20.2 Å². The van der Waals surface area contributed by atoms with Crippen molar-refractivity contribution < 1.29 is 28.6 Å². The van der Waals surface area contributed by atoms with Gasteiger partial charge in [-0.15, -0.1) is 0 Å². The van der Waals surface area contributed by atoms with Gasteiger partial charge in [-0.1, -0.05) is 0 Å². The van der Waals surface area contributed by atoms with Gasteiger partial charge in [0.2, 0.25) is 0 Å². The maximum absolute atomic E-state index is 12.4. The molecule has 9 heteroatoms. The van der Waals surface area contributed by atoms with Crippen LogP contribution in [0, 0.1) is 0 Å². The van der Waals surface area contributed by atoms with Crippen LogP contribution in [0.3, 0.4) is 0 Å². The molecule has 1 amide bonds. The van der Waals surface area contributed by atoms with Crippen molar-refractivity contribution in [1.29, 1.82) is 0 Å². The van der Waals surface area contributed by atoms with E-state index in [2.05, 4.69) is 4.98 Å². The second-order valence-electron chi connectivity index (χ2n) is 10.8. The van der Waals surface area contributed by atoms with Crippen molar-refractivity contribution in [2.45, 2.75) is 51.2 Å².